The van der Waals surface area contributed by atoms with Crippen molar-refractivity contribution in [1.29, 1.82) is 0 Å². The van der Waals surface area contributed by atoms with Crippen LogP contribution in [0, 0.1) is 6.92 Å². The van der Waals surface area contributed by atoms with Gasteiger partial charge in [-0.3, -0.25) is 4.79 Å². The number of aryl methyl sites for hydroxylation is 1. The summed E-state index contributed by atoms with van der Waals surface area (Å²) in [4.78, 5) is 14.9. The lowest BCUT2D eigenvalue weighted by Gasteiger charge is -2.06. The van der Waals surface area contributed by atoms with Crippen molar-refractivity contribution in [1.82, 2.24) is 10.1 Å². The molecule has 5 heteroatoms. The van der Waals surface area contributed by atoms with Gasteiger partial charge in [0.25, 0.3) is 0 Å². The minimum Gasteiger partial charge on any atom is -0.481 e. The fourth-order valence-corrected chi connectivity index (χ4v) is 1.48. The predicted molar refractivity (Wildman–Crippen MR) is 60.5 cm³/mol. The van der Waals surface area contributed by atoms with Gasteiger partial charge < -0.3 is 9.63 Å². The smallest absolute Gasteiger partial charge is 0.310 e. The largest absolute Gasteiger partial charge is 0.481 e. The zero-order valence-electron chi connectivity index (χ0n) is 9.54. The van der Waals surface area contributed by atoms with Crippen LogP contribution in [-0.4, -0.2) is 21.2 Å². The molecule has 0 radical (unpaired) electrons. The highest BCUT2D eigenvalue weighted by atomic mass is 16.5. The maximum absolute atomic E-state index is 10.8. The maximum Gasteiger partial charge on any atom is 0.310 e. The van der Waals surface area contributed by atoms with Gasteiger partial charge in [0, 0.05) is 12.5 Å². The lowest BCUT2D eigenvalue weighted by molar-refractivity contribution is -0.138. The van der Waals surface area contributed by atoms with Crippen LogP contribution in [0.15, 0.2) is 28.8 Å². The van der Waals surface area contributed by atoms with Gasteiger partial charge in [-0.15, -0.1) is 0 Å². The Labute approximate surface area is 98.1 Å². The van der Waals surface area contributed by atoms with Gasteiger partial charge in [0.1, 0.15) is 0 Å². The normalized spacial score (nSPS) is 12.4. The highest BCUT2D eigenvalue weighted by Gasteiger charge is 2.14. The lowest BCUT2D eigenvalue weighted by atomic mass is 10.00. The van der Waals surface area contributed by atoms with E-state index in [-0.39, 0.29) is 0 Å². The zero-order valence-corrected chi connectivity index (χ0v) is 9.54. The van der Waals surface area contributed by atoms with Crippen LogP contribution in [0.5, 0.6) is 0 Å². The Hall–Kier alpha value is -2.17. The van der Waals surface area contributed by atoms with E-state index in [9.17, 15) is 4.79 Å². The number of benzene rings is 1. The second kappa shape index (κ2) is 4.37. The molecule has 0 aliphatic carbocycles. The second-order valence-electron chi connectivity index (χ2n) is 3.82. The van der Waals surface area contributed by atoms with Crippen LogP contribution in [0.3, 0.4) is 0 Å². The molecule has 0 spiro atoms. The summed E-state index contributed by atoms with van der Waals surface area (Å²) in [7, 11) is 0. The number of nitrogens with zero attached hydrogens (tertiary/aromatic N) is 2. The Balaban J connectivity index is 2.27. The molecule has 1 aromatic carbocycles. The molecule has 0 saturated heterocycles. The molecule has 1 heterocycles. The van der Waals surface area contributed by atoms with Crippen molar-refractivity contribution in [2.75, 3.05) is 0 Å². The Morgan fingerprint density at radius 2 is 2.00 bits per heavy atom. The number of carboxylic acid groups (broad SMARTS) is 1. The van der Waals surface area contributed by atoms with Gasteiger partial charge >= 0.3 is 5.97 Å². The Kier molecular flexibility index (Phi) is 2.91. The minimum atomic E-state index is -0.840. The Morgan fingerprint density at radius 1 is 1.35 bits per heavy atom. The molecule has 0 saturated carbocycles. The van der Waals surface area contributed by atoms with Gasteiger partial charge in [0.2, 0.25) is 11.7 Å². The molecule has 5 nitrogen and oxygen atoms in total. The molecule has 2 rings (SSSR count). The van der Waals surface area contributed by atoms with Gasteiger partial charge in [-0.2, -0.15) is 4.98 Å². The van der Waals surface area contributed by atoms with Crippen molar-refractivity contribution in [3.8, 4) is 11.4 Å². The fourth-order valence-electron chi connectivity index (χ4n) is 1.48. The van der Waals surface area contributed by atoms with Crippen LogP contribution < -0.4 is 0 Å². The highest BCUT2D eigenvalue weighted by molar-refractivity contribution is 5.75. The predicted octanol–water partition coefficient (Wildman–Crippen LogP) is 2.23. The van der Waals surface area contributed by atoms with Crippen LogP contribution >= 0.6 is 0 Å². The van der Waals surface area contributed by atoms with Crippen molar-refractivity contribution < 1.29 is 14.4 Å². The van der Waals surface area contributed by atoms with Crippen molar-refractivity contribution >= 4 is 5.97 Å². The molecule has 1 aromatic heterocycles. The molecule has 1 atom stereocenters. The molecule has 0 amide bonds. The van der Waals surface area contributed by atoms with E-state index in [4.69, 9.17) is 9.63 Å². The topological polar surface area (TPSA) is 76.2 Å². The molecule has 1 unspecified atom stereocenters. The Bertz CT molecular complexity index is 531. The number of carbonyl (C=O) groups is 1. The minimum absolute atomic E-state index is 0.503. The van der Waals surface area contributed by atoms with Crippen LogP contribution in [0.1, 0.15) is 24.3 Å². The van der Waals surface area contributed by atoms with Crippen molar-refractivity contribution in [2.45, 2.75) is 19.8 Å². The number of rotatable bonds is 3. The van der Waals surface area contributed by atoms with E-state index in [0.29, 0.717) is 11.7 Å². The monoisotopic (exact) mass is 232 g/mol. The van der Waals surface area contributed by atoms with Crippen molar-refractivity contribution in [2.24, 2.45) is 0 Å². The maximum atomic E-state index is 10.8. The van der Waals surface area contributed by atoms with E-state index in [1.54, 1.807) is 38.1 Å². The number of hydrogen-bond donors (Lipinski definition) is 1. The van der Waals surface area contributed by atoms with E-state index >= 15 is 0 Å². The average Bonchev–Trinajstić information content (AvgIpc) is 2.75. The van der Waals surface area contributed by atoms with E-state index < -0.39 is 11.9 Å². The first-order valence-corrected chi connectivity index (χ1v) is 5.21. The Morgan fingerprint density at radius 3 is 2.47 bits per heavy atom. The van der Waals surface area contributed by atoms with Crippen molar-refractivity contribution in [3.63, 3.8) is 0 Å². The van der Waals surface area contributed by atoms with Gasteiger partial charge in [-0.05, 0) is 12.5 Å². The molecule has 88 valence electrons. The lowest BCUT2D eigenvalue weighted by Crippen LogP contribution is -2.06. The summed E-state index contributed by atoms with van der Waals surface area (Å²) in [6, 6.07) is 7.11. The molecule has 0 fully saturated rings. The molecule has 0 bridgehead atoms. The first kappa shape index (κ1) is 11.3. The third kappa shape index (κ3) is 2.33. The number of aromatic nitrogens is 2. The van der Waals surface area contributed by atoms with E-state index in [0.717, 1.165) is 11.1 Å². The number of hydrogen-bond acceptors (Lipinski definition) is 4. The molecular weight excluding hydrogens is 220 g/mol. The SMILES string of the molecule is Cc1nc(-c2ccc(C(C)C(=O)O)cc2)no1. The molecule has 0 aliphatic rings. The van der Waals surface area contributed by atoms with Gasteiger partial charge in [0.05, 0.1) is 5.92 Å². The van der Waals surface area contributed by atoms with Gasteiger partial charge in [0.15, 0.2) is 0 Å². The van der Waals surface area contributed by atoms with Crippen LogP contribution in [-0.2, 0) is 4.79 Å². The first-order chi connectivity index (χ1) is 8.08. The number of aliphatic carboxylic acids is 1. The van der Waals surface area contributed by atoms with Crippen molar-refractivity contribution in [3.05, 3.63) is 35.7 Å². The summed E-state index contributed by atoms with van der Waals surface area (Å²) >= 11 is 0. The average molecular weight is 232 g/mol. The van der Waals surface area contributed by atoms with Crippen LogP contribution in [0.4, 0.5) is 0 Å². The molecule has 1 N–H and O–H groups in total. The van der Waals surface area contributed by atoms with Gasteiger partial charge in [-0.25, -0.2) is 0 Å². The van der Waals surface area contributed by atoms with Crippen LogP contribution in [0.2, 0.25) is 0 Å². The summed E-state index contributed by atoms with van der Waals surface area (Å²) in [5, 5.41) is 12.7. The highest BCUT2D eigenvalue weighted by Crippen LogP contribution is 2.20. The summed E-state index contributed by atoms with van der Waals surface area (Å²) in [6.07, 6.45) is 0. The third-order valence-corrected chi connectivity index (χ3v) is 2.57. The quantitative estimate of drug-likeness (QED) is 0.878. The summed E-state index contributed by atoms with van der Waals surface area (Å²) in [5.74, 6) is -0.343. The second-order valence-corrected chi connectivity index (χ2v) is 3.82. The molecular formula is C12H12N2O3. The van der Waals surface area contributed by atoms with E-state index in [1.807, 2.05) is 0 Å². The van der Waals surface area contributed by atoms with Crippen LogP contribution in [0.25, 0.3) is 11.4 Å². The summed E-state index contributed by atoms with van der Waals surface area (Å²) < 4.78 is 4.88. The summed E-state index contributed by atoms with van der Waals surface area (Å²) in [5.41, 5.74) is 1.56. The first-order valence-electron chi connectivity index (χ1n) is 5.21. The zero-order chi connectivity index (χ0) is 12.4. The van der Waals surface area contributed by atoms with Gasteiger partial charge in [-0.1, -0.05) is 29.4 Å². The third-order valence-electron chi connectivity index (χ3n) is 2.57. The fraction of sp³-hybridized carbons (Fsp3) is 0.250. The standard InChI is InChI=1S/C12H12N2O3/c1-7(12(15)16)9-3-5-10(6-4-9)11-13-8(2)17-14-11/h3-7H,1-2H3,(H,15,16). The van der Waals surface area contributed by atoms with E-state index in [1.165, 1.54) is 0 Å². The molecule has 2 aromatic rings. The molecule has 17 heavy (non-hydrogen) atoms. The molecule has 0 aliphatic heterocycles. The summed E-state index contributed by atoms with van der Waals surface area (Å²) in [6.45, 7) is 3.37. The number of carboxylic acids is 1. The van der Waals surface area contributed by atoms with E-state index in [2.05, 4.69) is 10.1 Å².